The SMILES string of the molecule is O=C(Nc1cccc2cn[nH]c12)c1ccc(-n2cccn2)cc1. The summed E-state index contributed by atoms with van der Waals surface area (Å²) in [6.07, 6.45) is 5.30. The third-order valence-electron chi connectivity index (χ3n) is 3.62. The molecule has 0 bridgehead atoms. The number of para-hydroxylation sites is 1. The summed E-state index contributed by atoms with van der Waals surface area (Å²) in [6.45, 7) is 0. The van der Waals surface area contributed by atoms with Gasteiger partial charge in [-0.3, -0.25) is 9.89 Å². The molecule has 0 aliphatic rings. The molecule has 4 rings (SSSR count). The van der Waals surface area contributed by atoms with Crippen LogP contribution in [0.15, 0.2) is 67.1 Å². The molecule has 2 aromatic heterocycles. The second-order valence-corrected chi connectivity index (χ2v) is 5.09. The van der Waals surface area contributed by atoms with Crippen molar-refractivity contribution in [3.63, 3.8) is 0 Å². The normalized spacial score (nSPS) is 10.8. The summed E-state index contributed by atoms with van der Waals surface area (Å²) < 4.78 is 1.74. The third-order valence-corrected chi connectivity index (χ3v) is 3.62. The Bertz CT molecular complexity index is 954. The lowest BCUT2D eigenvalue weighted by atomic mass is 10.1. The van der Waals surface area contributed by atoms with E-state index < -0.39 is 0 Å². The Kier molecular flexibility index (Phi) is 3.12. The Morgan fingerprint density at radius 1 is 1.09 bits per heavy atom. The van der Waals surface area contributed by atoms with E-state index in [1.54, 1.807) is 29.2 Å². The monoisotopic (exact) mass is 303 g/mol. The Hall–Kier alpha value is -3.41. The molecular weight excluding hydrogens is 290 g/mol. The van der Waals surface area contributed by atoms with Crippen LogP contribution in [0.25, 0.3) is 16.6 Å². The molecule has 0 saturated heterocycles. The number of nitrogens with one attached hydrogen (secondary N) is 2. The predicted octanol–water partition coefficient (Wildman–Crippen LogP) is 3.00. The highest BCUT2D eigenvalue weighted by Crippen LogP contribution is 2.21. The van der Waals surface area contributed by atoms with Gasteiger partial charge in [0.25, 0.3) is 5.91 Å². The number of aromatic nitrogens is 4. The molecule has 23 heavy (non-hydrogen) atoms. The Morgan fingerprint density at radius 2 is 1.96 bits per heavy atom. The molecule has 0 saturated carbocycles. The van der Waals surface area contributed by atoms with Crippen molar-refractivity contribution in [1.82, 2.24) is 20.0 Å². The van der Waals surface area contributed by atoms with Crippen LogP contribution in [0.2, 0.25) is 0 Å². The van der Waals surface area contributed by atoms with E-state index in [1.165, 1.54) is 0 Å². The van der Waals surface area contributed by atoms with Gasteiger partial charge in [0.1, 0.15) is 0 Å². The maximum Gasteiger partial charge on any atom is 0.255 e. The van der Waals surface area contributed by atoms with Crippen molar-refractivity contribution >= 4 is 22.5 Å². The van der Waals surface area contributed by atoms with Crippen LogP contribution in [0, 0.1) is 0 Å². The van der Waals surface area contributed by atoms with Gasteiger partial charge in [-0.15, -0.1) is 0 Å². The molecular formula is C17H13N5O. The number of nitrogens with zero attached hydrogens (tertiary/aromatic N) is 3. The molecule has 1 amide bonds. The van der Waals surface area contributed by atoms with Gasteiger partial charge in [0.2, 0.25) is 0 Å². The first-order valence-corrected chi connectivity index (χ1v) is 7.15. The Morgan fingerprint density at radius 3 is 2.74 bits per heavy atom. The van der Waals surface area contributed by atoms with E-state index in [2.05, 4.69) is 20.6 Å². The molecule has 6 heteroatoms. The Balaban J connectivity index is 1.58. The number of carbonyl (C=O) groups excluding carboxylic acids is 1. The first-order valence-electron chi connectivity index (χ1n) is 7.15. The van der Waals surface area contributed by atoms with Gasteiger partial charge < -0.3 is 5.32 Å². The second kappa shape index (κ2) is 5.42. The highest BCUT2D eigenvalue weighted by atomic mass is 16.1. The van der Waals surface area contributed by atoms with Crippen LogP contribution in [0.1, 0.15) is 10.4 Å². The molecule has 0 radical (unpaired) electrons. The van der Waals surface area contributed by atoms with Crippen molar-refractivity contribution < 1.29 is 4.79 Å². The van der Waals surface area contributed by atoms with E-state index in [-0.39, 0.29) is 5.91 Å². The van der Waals surface area contributed by atoms with Gasteiger partial charge in [-0.05, 0) is 36.4 Å². The van der Waals surface area contributed by atoms with Crippen LogP contribution in [-0.2, 0) is 0 Å². The molecule has 0 atom stereocenters. The number of amides is 1. The fraction of sp³-hybridized carbons (Fsp3) is 0. The largest absolute Gasteiger partial charge is 0.320 e. The van der Waals surface area contributed by atoms with Crippen molar-refractivity contribution in [2.24, 2.45) is 0 Å². The first kappa shape index (κ1) is 13.3. The molecule has 2 aromatic carbocycles. The number of aromatic amines is 1. The van der Waals surface area contributed by atoms with Crippen molar-refractivity contribution in [3.8, 4) is 5.69 Å². The number of fused-ring (bicyclic) bond motifs is 1. The zero-order valence-corrected chi connectivity index (χ0v) is 12.1. The van der Waals surface area contributed by atoms with Crippen LogP contribution in [0.5, 0.6) is 0 Å². The van der Waals surface area contributed by atoms with E-state index in [4.69, 9.17) is 0 Å². The zero-order chi connectivity index (χ0) is 15.6. The lowest BCUT2D eigenvalue weighted by Crippen LogP contribution is -2.12. The number of carbonyl (C=O) groups is 1. The minimum absolute atomic E-state index is 0.167. The van der Waals surface area contributed by atoms with Gasteiger partial charge >= 0.3 is 0 Å². The minimum atomic E-state index is -0.167. The van der Waals surface area contributed by atoms with Gasteiger partial charge in [-0.2, -0.15) is 10.2 Å². The summed E-state index contributed by atoms with van der Waals surface area (Å²) in [5.41, 5.74) is 3.01. The molecule has 2 N–H and O–H groups in total. The second-order valence-electron chi connectivity index (χ2n) is 5.09. The molecule has 0 spiro atoms. The summed E-state index contributed by atoms with van der Waals surface area (Å²) in [7, 11) is 0. The zero-order valence-electron chi connectivity index (χ0n) is 12.1. The number of H-pyrrole nitrogens is 1. The van der Waals surface area contributed by atoms with E-state index in [0.29, 0.717) is 11.3 Å². The molecule has 0 aliphatic carbocycles. The minimum Gasteiger partial charge on any atom is -0.320 e. The van der Waals surface area contributed by atoms with E-state index >= 15 is 0 Å². The topological polar surface area (TPSA) is 75.6 Å². The maximum absolute atomic E-state index is 12.4. The summed E-state index contributed by atoms with van der Waals surface area (Å²) >= 11 is 0. The van der Waals surface area contributed by atoms with E-state index in [9.17, 15) is 4.79 Å². The van der Waals surface area contributed by atoms with Crippen molar-refractivity contribution in [2.75, 3.05) is 5.32 Å². The maximum atomic E-state index is 12.4. The van der Waals surface area contributed by atoms with Crippen molar-refractivity contribution in [1.29, 1.82) is 0 Å². The highest BCUT2D eigenvalue weighted by molar-refractivity contribution is 6.08. The summed E-state index contributed by atoms with van der Waals surface area (Å²) in [5.74, 6) is -0.167. The van der Waals surface area contributed by atoms with Crippen molar-refractivity contribution in [2.45, 2.75) is 0 Å². The molecule has 112 valence electrons. The number of benzene rings is 2. The van der Waals surface area contributed by atoms with Gasteiger partial charge in [0, 0.05) is 23.3 Å². The lowest BCUT2D eigenvalue weighted by molar-refractivity contribution is 0.102. The van der Waals surface area contributed by atoms with Crippen LogP contribution in [0.4, 0.5) is 5.69 Å². The molecule has 2 heterocycles. The number of rotatable bonds is 3. The fourth-order valence-corrected chi connectivity index (χ4v) is 2.45. The van der Waals surface area contributed by atoms with Gasteiger partial charge in [-0.25, -0.2) is 4.68 Å². The molecule has 0 fully saturated rings. The molecule has 0 aliphatic heterocycles. The molecule has 0 unspecified atom stereocenters. The fourth-order valence-electron chi connectivity index (χ4n) is 2.45. The molecule has 4 aromatic rings. The predicted molar refractivity (Wildman–Crippen MR) is 87.6 cm³/mol. The first-order chi connectivity index (χ1) is 11.3. The van der Waals surface area contributed by atoms with Gasteiger partial charge in [0.15, 0.2) is 0 Å². The summed E-state index contributed by atoms with van der Waals surface area (Å²) in [5, 5.41) is 14.9. The standard InChI is InChI=1S/C17H13N5O/c23-17(20-15-4-1-3-13-11-18-21-16(13)15)12-5-7-14(8-6-12)22-10-2-9-19-22/h1-11H,(H,18,21)(H,20,23). The van der Waals surface area contributed by atoms with Crippen molar-refractivity contribution in [3.05, 3.63) is 72.7 Å². The highest BCUT2D eigenvalue weighted by Gasteiger charge is 2.09. The van der Waals surface area contributed by atoms with Crippen LogP contribution < -0.4 is 5.32 Å². The smallest absolute Gasteiger partial charge is 0.255 e. The van der Waals surface area contributed by atoms with E-state index in [1.807, 2.05) is 42.6 Å². The van der Waals surface area contributed by atoms with E-state index in [0.717, 1.165) is 16.6 Å². The van der Waals surface area contributed by atoms with Crippen LogP contribution >= 0.6 is 0 Å². The third kappa shape index (κ3) is 2.46. The summed E-state index contributed by atoms with van der Waals surface area (Å²) in [6, 6.07) is 14.8. The van der Waals surface area contributed by atoms with Crippen LogP contribution in [0.3, 0.4) is 0 Å². The number of anilines is 1. The number of hydrogen-bond acceptors (Lipinski definition) is 3. The lowest BCUT2D eigenvalue weighted by Gasteiger charge is -2.07. The number of hydrogen-bond donors (Lipinski definition) is 2. The summed E-state index contributed by atoms with van der Waals surface area (Å²) in [4.78, 5) is 12.4. The Labute approximate surface area is 131 Å². The molecule has 6 nitrogen and oxygen atoms in total. The average Bonchev–Trinajstić information content (AvgIpc) is 3.27. The van der Waals surface area contributed by atoms with Gasteiger partial charge in [-0.1, -0.05) is 12.1 Å². The average molecular weight is 303 g/mol. The quantitative estimate of drug-likeness (QED) is 0.611. The van der Waals surface area contributed by atoms with Crippen LogP contribution in [-0.4, -0.2) is 25.9 Å². The van der Waals surface area contributed by atoms with Gasteiger partial charge in [0.05, 0.1) is 23.1 Å².